The number of thiocarbonyl (C=S) groups is 2. The summed E-state index contributed by atoms with van der Waals surface area (Å²) >= 11 is 8.83. The van der Waals surface area contributed by atoms with Crippen molar-refractivity contribution in [3.63, 3.8) is 0 Å². The Balaban J connectivity index is 2.24. The lowest BCUT2D eigenvalue weighted by Crippen LogP contribution is -2.35. The van der Waals surface area contributed by atoms with Gasteiger partial charge in [0, 0.05) is 11.6 Å². The Morgan fingerprint density at radius 3 is 2.00 bits per heavy atom. The van der Waals surface area contributed by atoms with Crippen LogP contribution in [-0.4, -0.2) is 41.2 Å². The maximum absolute atomic E-state index is 12.8. The van der Waals surface area contributed by atoms with Crippen molar-refractivity contribution in [3.8, 4) is 0 Å². The van der Waals surface area contributed by atoms with Crippen LogP contribution in [0, 0.1) is 0 Å². The molecule has 2 aromatic carbocycles. The topological polar surface area (TPSA) is 124 Å². The molecule has 0 bridgehead atoms. The molecule has 12 heteroatoms. The summed E-state index contributed by atoms with van der Waals surface area (Å²) in [6.45, 7) is 0. The van der Waals surface area contributed by atoms with Crippen LogP contribution in [0.4, 0.5) is 21.0 Å². The Morgan fingerprint density at radius 2 is 1.45 bits per heavy atom. The Bertz CT molecular complexity index is 959. The standard InChI is InChI=1S/C19H20N4O5S3/c1-27-18(24)22-16(29)20-14-9-8-13(31(26)11-12-6-4-3-5-7-12)10-15(14)21-17(30)23-19(25)28-2/h3-10H,11H2,1-2H3,(H2,20,22,24,29)(H2,21,23,25,30). The number of carbonyl (C=O) groups is 2. The molecule has 1 unspecified atom stereocenters. The van der Waals surface area contributed by atoms with Crippen LogP contribution in [0.5, 0.6) is 0 Å². The van der Waals surface area contributed by atoms with Gasteiger partial charge in [-0.15, -0.1) is 0 Å². The van der Waals surface area contributed by atoms with E-state index in [0.29, 0.717) is 22.0 Å². The van der Waals surface area contributed by atoms with Gasteiger partial charge in [0.05, 0.1) is 25.6 Å². The lowest BCUT2D eigenvalue weighted by molar-refractivity contribution is 0.176. The van der Waals surface area contributed by atoms with Crippen LogP contribution < -0.4 is 21.3 Å². The second kappa shape index (κ2) is 12.1. The van der Waals surface area contributed by atoms with Gasteiger partial charge < -0.3 is 24.7 Å². The second-order valence-corrected chi connectivity index (χ2v) is 8.09. The summed E-state index contributed by atoms with van der Waals surface area (Å²) in [4.78, 5) is 23.3. The third-order valence-corrected chi connectivity index (χ3v) is 5.48. The van der Waals surface area contributed by atoms with E-state index < -0.39 is 23.4 Å². The molecule has 0 aliphatic carbocycles. The van der Waals surface area contributed by atoms with Gasteiger partial charge in [-0.2, -0.15) is 0 Å². The summed E-state index contributed by atoms with van der Waals surface area (Å²) in [6.07, 6.45) is -1.49. The molecule has 1 atom stereocenters. The lowest BCUT2D eigenvalue weighted by atomic mass is 10.2. The zero-order valence-electron chi connectivity index (χ0n) is 16.6. The quantitative estimate of drug-likeness (QED) is 0.377. The lowest BCUT2D eigenvalue weighted by Gasteiger charge is -2.17. The summed E-state index contributed by atoms with van der Waals surface area (Å²) in [5, 5.41) is 10.2. The number of alkyl carbamates (subject to hydrolysis) is 2. The number of anilines is 2. The minimum absolute atomic E-state index is 0.0279. The Labute approximate surface area is 193 Å². The van der Waals surface area contributed by atoms with Crippen LogP contribution in [-0.2, 0) is 26.4 Å². The minimum Gasteiger partial charge on any atom is -0.611 e. The maximum Gasteiger partial charge on any atom is 0.413 e. The van der Waals surface area contributed by atoms with Gasteiger partial charge in [0.2, 0.25) is 0 Å². The smallest absolute Gasteiger partial charge is 0.413 e. The number of carbonyl (C=O) groups excluding carboxylic acids is 2. The Morgan fingerprint density at radius 1 is 0.903 bits per heavy atom. The largest absolute Gasteiger partial charge is 0.611 e. The van der Waals surface area contributed by atoms with Crippen molar-refractivity contribution < 1.29 is 23.6 Å². The van der Waals surface area contributed by atoms with Crippen LogP contribution in [0.15, 0.2) is 53.4 Å². The first-order valence-corrected chi connectivity index (χ1v) is 10.8. The van der Waals surface area contributed by atoms with E-state index in [0.717, 1.165) is 5.56 Å². The molecule has 0 aliphatic rings. The van der Waals surface area contributed by atoms with Crippen molar-refractivity contribution in [2.24, 2.45) is 0 Å². The first-order chi connectivity index (χ1) is 14.8. The molecular formula is C19H20N4O5S3. The molecule has 0 saturated heterocycles. The molecule has 9 nitrogen and oxygen atoms in total. The zero-order valence-corrected chi connectivity index (χ0v) is 19.0. The first kappa shape index (κ1) is 24.3. The van der Waals surface area contributed by atoms with E-state index in [1.807, 2.05) is 30.3 Å². The molecule has 0 saturated carbocycles. The fourth-order valence-corrected chi connectivity index (χ4v) is 3.80. The van der Waals surface area contributed by atoms with Gasteiger partial charge in [-0.3, -0.25) is 10.6 Å². The molecule has 0 fully saturated rings. The van der Waals surface area contributed by atoms with E-state index >= 15 is 0 Å². The first-order valence-electron chi connectivity index (χ1n) is 8.70. The monoisotopic (exact) mass is 480 g/mol. The van der Waals surface area contributed by atoms with Gasteiger partial charge in [-0.25, -0.2) is 9.59 Å². The summed E-state index contributed by atoms with van der Waals surface area (Å²) < 4.78 is 21.8. The fourth-order valence-electron chi connectivity index (χ4n) is 2.28. The van der Waals surface area contributed by atoms with Gasteiger partial charge in [0.25, 0.3) is 0 Å². The third-order valence-electron chi connectivity index (χ3n) is 3.69. The average Bonchev–Trinajstić information content (AvgIpc) is 2.75. The normalized spacial score (nSPS) is 10.9. The number of rotatable bonds is 5. The number of nitrogens with one attached hydrogen (secondary N) is 4. The SMILES string of the molecule is COC(=O)NC(=S)Nc1ccc([S+]([O-])Cc2ccccc2)cc1NC(=S)NC(=O)OC. The van der Waals surface area contributed by atoms with Gasteiger partial charge in [0.15, 0.2) is 15.1 Å². The predicted molar refractivity (Wildman–Crippen MR) is 127 cm³/mol. The van der Waals surface area contributed by atoms with E-state index in [-0.39, 0.29) is 10.2 Å². The molecule has 0 spiro atoms. The van der Waals surface area contributed by atoms with Crippen molar-refractivity contribution in [2.45, 2.75) is 10.6 Å². The molecule has 0 heterocycles. The minimum atomic E-state index is -1.35. The summed E-state index contributed by atoms with van der Waals surface area (Å²) in [5.74, 6) is 0.320. The Hall–Kier alpha value is -2.93. The molecule has 2 amide bonds. The van der Waals surface area contributed by atoms with Crippen molar-refractivity contribution in [1.82, 2.24) is 10.6 Å². The summed E-state index contributed by atoms with van der Waals surface area (Å²) in [7, 11) is 2.41. The van der Waals surface area contributed by atoms with E-state index in [9.17, 15) is 14.1 Å². The molecule has 0 aliphatic heterocycles. The number of ether oxygens (including phenoxy) is 2. The highest BCUT2D eigenvalue weighted by molar-refractivity contribution is 7.90. The van der Waals surface area contributed by atoms with Crippen molar-refractivity contribution in [2.75, 3.05) is 24.9 Å². The highest BCUT2D eigenvalue weighted by Gasteiger charge is 2.17. The zero-order chi connectivity index (χ0) is 22.8. The highest BCUT2D eigenvalue weighted by Crippen LogP contribution is 2.27. The number of hydrogen-bond acceptors (Lipinski definition) is 7. The fraction of sp³-hybridized carbons (Fsp3) is 0.158. The van der Waals surface area contributed by atoms with E-state index in [1.54, 1.807) is 18.2 Å². The summed E-state index contributed by atoms with van der Waals surface area (Å²) in [5.41, 5.74) is 1.70. The van der Waals surface area contributed by atoms with Crippen molar-refractivity contribution in [1.29, 1.82) is 0 Å². The molecule has 4 N–H and O–H groups in total. The molecule has 0 aromatic heterocycles. The molecule has 31 heavy (non-hydrogen) atoms. The van der Waals surface area contributed by atoms with Crippen LogP contribution in [0.25, 0.3) is 0 Å². The average molecular weight is 481 g/mol. The molecule has 0 radical (unpaired) electrons. The van der Waals surface area contributed by atoms with Crippen molar-refractivity contribution >= 4 is 69.4 Å². The van der Waals surface area contributed by atoms with Crippen LogP contribution in [0.2, 0.25) is 0 Å². The van der Waals surface area contributed by atoms with Crippen molar-refractivity contribution in [3.05, 3.63) is 54.1 Å². The van der Waals surface area contributed by atoms with Gasteiger partial charge in [-0.05, 0) is 47.7 Å². The number of hydrogen-bond donors (Lipinski definition) is 4. The van der Waals surface area contributed by atoms with E-state index in [1.165, 1.54) is 14.2 Å². The molecule has 164 valence electrons. The second-order valence-electron chi connectivity index (χ2n) is 5.82. The third kappa shape index (κ3) is 8.02. The van der Waals surface area contributed by atoms with Gasteiger partial charge in [-0.1, -0.05) is 30.3 Å². The number of amides is 2. The maximum atomic E-state index is 12.8. The van der Waals surface area contributed by atoms with E-state index in [4.69, 9.17) is 24.4 Å². The van der Waals surface area contributed by atoms with E-state index in [2.05, 4.69) is 30.7 Å². The Kier molecular flexibility index (Phi) is 9.46. The van der Waals surface area contributed by atoms with Crippen LogP contribution in [0.3, 0.4) is 0 Å². The number of benzene rings is 2. The van der Waals surface area contributed by atoms with Gasteiger partial charge >= 0.3 is 12.2 Å². The molecule has 2 rings (SSSR count). The predicted octanol–water partition coefficient (Wildman–Crippen LogP) is 3.10. The van der Waals surface area contributed by atoms with Gasteiger partial charge in [0.1, 0.15) is 5.75 Å². The van der Waals surface area contributed by atoms with Crippen LogP contribution >= 0.6 is 24.4 Å². The molecule has 2 aromatic rings. The molecular weight excluding hydrogens is 460 g/mol. The van der Waals surface area contributed by atoms with Crippen LogP contribution in [0.1, 0.15) is 5.56 Å². The summed E-state index contributed by atoms with van der Waals surface area (Å²) in [6, 6.07) is 14.3. The number of methoxy groups -OCH3 is 2. The highest BCUT2D eigenvalue weighted by atomic mass is 32.2.